The predicted molar refractivity (Wildman–Crippen MR) is 119 cm³/mol. The Hall–Kier alpha value is -1.90. The lowest BCUT2D eigenvalue weighted by molar-refractivity contribution is 0.447. The van der Waals surface area contributed by atoms with E-state index in [2.05, 4.69) is 36.3 Å². The van der Waals surface area contributed by atoms with Gasteiger partial charge < -0.3 is 11.1 Å². The molecule has 1 aromatic heterocycles. The number of anilines is 1. The second kappa shape index (κ2) is 10.0. The second-order valence-electron chi connectivity index (χ2n) is 6.73. The number of benzene rings is 1. The Morgan fingerprint density at radius 1 is 1.21 bits per heavy atom. The van der Waals surface area contributed by atoms with Gasteiger partial charge in [-0.2, -0.15) is 4.31 Å². The highest BCUT2D eigenvalue weighted by molar-refractivity contribution is 7.91. The molecule has 1 aromatic carbocycles. The van der Waals surface area contributed by atoms with Gasteiger partial charge in [0.15, 0.2) is 5.96 Å². The Bertz CT molecular complexity index is 900. The fourth-order valence-electron chi connectivity index (χ4n) is 2.77. The molecule has 6 nitrogen and oxygen atoms in total. The van der Waals surface area contributed by atoms with Crippen molar-refractivity contribution < 1.29 is 8.42 Å². The molecule has 8 heteroatoms. The van der Waals surface area contributed by atoms with Gasteiger partial charge in [0.05, 0.1) is 0 Å². The van der Waals surface area contributed by atoms with Crippen LogP contribution >= 0.6 is 11.3 Å². The van der Waals surface area contributed by atoms with Gasteiger partial charge in [-0.15, -0.1) is 11.3 Å². The highest BCUT2D eigenvalue weighted by atomic mass is 32.2. The van der Waals surface area contributed by atoms with Gasteiger partial charge in [0, 0.05) is 36.6 Å². The molecule has 3 N–H and O–H groups in total. The Kier molecular flexibility index (Phi) is 8.03. The first kappa shape index (κ1) is 22.4. The first-order valence-corrected chi connectivity index (χ1v) is 11.8. The van der Waals surface area contributed by atoms with E-state index in [9.17, 15) is 8.42 Å². The van der Waals surface area contributed by atoms with Crippen LogP contribution in [0.2, 0.25) is 0 Å². The van der Waals surface area contributed by atoms with Gasteiger partial charge in [0.1, 0.15) is 4.21 Å². The van der Waals surface area contributed by atoms with E-state index in [1.54, 1.807) is 6.07 Å². The molecule has 0 atom stereocenters. The molecular weight excluding hydrogens is 392 g/mol. The van der Waals surface area contributed by atoms with Crippen molar-refractivity contribution >= 4 is 33.0 Å². The largest absolute Gasteiger partial charge is 0.370 e. The third-order valence-electron chi connectivity index (χ3n) is 4.40. The third kappa shape index (κ3) is 5.80. The number of guanidine groups is 1. The number of nitrogens with one attached hydrogen (secondary N) is 1. The second-order valence-corrected chi connectivity index (χ2v) is 10.1. The topological polar surface area (TPSA) is 87.8 Å². The molecule has 0 amide bonds. The summed E-state index contributed by atoms with van der Waals surface area (Å²) in [5.41, 5.74) is 8.13. The van der Waals surface area contributed by atoms with E-state index in [0.717, 1.165) is 10.6 Å². The van der Waals surface area contributed by atoms with Gasteiger partial charge in [0.2, 0.25) is 0 Å². The summed E-state index contributed by atoms with van der Waals surface area (Å²) in [4.78, 5) is 5.33. The Balaban J connectivity index is 1.96. The number of hydrogen-bond donors (Lipinski definition) is 2. The lowest BCUT2D eigenvalue weighted by Crippen LogP contribution is -2.29. The fraction of sp³-hybridized carbons (Fsp3) is 0.450. The third-order valence-corrected chi connectivity index (χ3v) is 8.06. The average Bonchev–Trinajstić information content (AvgIpc) is 3.12. The standard InChI is InChI=1S/C20H30N4O2S2/c1-5-24(6-2)28(25,26)19-11-10-18(27-19)12-13-22-20(21)23-17-9-7-8-16(14-17)15(3)4/h7-11,14-15H,5-6,12-13H2,1-4H3,(H3,21,22,23). The highest BCUT2D eigenvalue weighted by Crippen LogP contribution is 2.25. The van der Waals surface area contributed by atoms with E-state index < -0.39 is 10.0 Å². The minimum atomic E-state index is -3.39. The normalized spacial score (nSPS) is 12.7. The Labute approximate surface area is 172 Å². The summed E-state index contributed by atoms with van der Waals surface area (Å²) in [6.07, 6.45) is 0.646. The Morgan fingerprint density at radius 2 is 1.93 bits per heavy atom. The molecular formula is C20H30N4O2S2. The van der Waals surface area contributed by atoms with Crippen LogP contribution in [0.5, 0.6) is 0 Å². The summed E-state index contributed by atoms with van der Waals surface area (Å²) >= 11 is 1.30. The smallest absolute Gasteiger partial charge is 0.252 e. The van der Waals surface area contributed by atoms with E-state index in [-0.39, 0.29) is 0 Å². The van der Waals surface area contributed by atoms with Gasteiger partial charge >= 0.3 is 0 Å². The maximum Gasteiger partial charge on any atom is 0.252 e. The molecule has 0 aliphatic carbocycles. The maximum atomic E-state index is 12.5. The van der Waals surface area contributed by atoms with Crippen LogP contribution in [0, 0.1) is 0 Å². The van der Waals surface area contributed by atoms with Crippen molar-refractivity contribution in [2.24, 2.45) is 10.7 Å². The van der Waals surface area contributed by atoms with Crippen LogP contribution in [0.25, 0.3) is 0 Å². The average molecular weight is 423 g/mol. The summed E-state index contributed by atoms with van der Waals surface area (Å²) < 4.78 is 26.9. The molecule has 0 spiro atoms. The number of thiophene rings is 1. The zero-order valence-electron chi connectivity index (χ0n) is 17.0. The molecule has 0 aliphatic heterocycles. The van der Waals surface area contributed by atoms with E-state index in [4.69, 9.17) is 5.73 Å². The van der Waals surface area contributed by atoms with Gasteiger partial charge in [-0.05, 0) is 35.7 Å². The van der Waals surface area contributed by atoms with Crippen LogP contribution in [0.4, 0.5) is 5.69 Å². The highest BCUT2D eigenvalue weighted by Gasteiger charge is 2.23. The molecule has 2 rings (SSSR count). The number of hydrogen-bond acceptors (Lipinski definition) is 4. The molecule has 2 aromatic rings. The minimum absolute atomic E-state index is 0.355. The number of sulfonamides is 1. The van der Waals surface area contributed by atoms with Crippen LogP contribution in [-0.4, -0.2) is 38.3 Å². The number of aliphatic imine (C=N–C) groups is 1. The molecule has 154 valence electrons. The van der Waals surface area contributed by atoms with Crippen molar-refractivity contribution in [1.29, 1.82) is 0 Å². The van der Waals surface area contributed by atoms with Gasteiger partial charge in [-0.3, -0.25) is 4.99 Å². The summed E-state index contributed by atoms with van der Waals surface area (Å²) in [6.45, 7) is 9.41. The molecule has 0 unspecified atom stereocenters. The van der Waals surface area contributed by atoms with E-state index >= 15 is 0 Å². The van der Waals surface area contributed by atoms with Crippen molar-refractivity contribution in [1.82, 2.24) is 4.31 Å². The monoisotopic (exact) mass is 422 g/mol. The van der Waals surface area contributed by atoms with Crippen molar-refractivity contribution in [3.05, 3.63) is 46.8 Å². The summed E-state index contributed by atoms with van der Waals surface area (Å²) in [7, 11) is -3.39. The van der Waals surface area contributed by atoms with Crippen molar-refractivity contribution in [2.75, 3.05) is 25.0 Å². The molecule has 0 saturated carbocycles. The SMILES string of the molecule is CCN(CC)S(=O)(=O)c1ccc(CCN=C(N)Nc2cccc(C(C)C)c2)s1. The first-order chi connectivity index (χ1) is 13.3. The van der Waals surface area contributed by atoms with Gasteiger partial charge in [0.25, 0.3) is 10.0 Å². The van der Waals surface area contributed by atoms with Crippen molar-refractivity contribution in [2.45, 2.75) is 44.2 Å². The Morgan fingerprint density at radius 3 is 2.57 bits per heavy atom. The molecule has 28 heavy (non-hydrogen) atoms. The lowest BCUT2D eigenvalue weighted by Gasteiger charge is -2.16. The zero-order valence-corrected chi connectivity index (χ0v) is 18.6. The summed E-state index contributed by atoms with van der Waals surface area (Å²) in [5.74, 6) is 0.800. The zero-order chi connectivity index (χ0) is 20.7. The van der Waals surface area contributed by atoms with Gasteiger partial charge in [-0.1, -0.05) is 39.8 Å². The summed E-state index contributed by atoms with van der Waals surface area (Å²) in [5, 5.41) is 3.11. The van der Waals surface area contributed by atoms with E-state index in [1.165, 1.54) is 21.2 Å². The van der Waals surface area contributed by atoms with Crippen molar-refractivity contribution in [3.63, 3.8) is 0 Å². The molecule has 0 saturated heterocycles. The van der Waals surface area contributed by atoms with Crippen LogP contribution in [0.15, 0.2) is 45.6 Å². The van der Waals surface area contributed by atoms with Crippen LogP contribution in [0.1, 0.15) is 44.1 Å². The molecule has 1 heterocycles. The predicted octanol–water partition coefficient (Wildman–Crippen LogP) is 3.87. The molecule has 0 bridgehead atoms. The first-order valence-electron chi connectivity index (χ1n) is 9.53. The quantitative estimate of drug-likeness (QED) is 0.474. The van der Waals surface area contributed by atoms with Crippen LogP contribution in [0.3, 0.4) is 0 Å². The minimum Gasteiger partial charge on any atom is -0.370 e. The summed E-state index contributed by atoms with van der Waals surface area (Å²) in [6, 6.07) is 11.6. The van der Waals surface area contributed by atoms with E-state index in [1.807, 2.05) is 32.0 Å². The van der Waals surface area contributed by atoms with Crippen LogP contribution in [-0.2, 0) is 16.4 Å². The van der Waals surface area contributed by atoms with E-state index in [0.29, 0.717) is 42.1 Å². The molecule has 0 radical (unpaired) electrons. The van der Waals surface area contributed by atoms with Crippen molar-refractivity contribution in [3.8, 4) is 0 Å². The maximum absolute atomic E-state index is 12.5. The molecule has 0 aliphatic rings. The number of nitrogens with zero attached hydrogens (tertiary/aromatic N) is 2. The molecule has 0 fully saturated rings. The fourth-order valence-corrected chi connectivity index (χ4v) is 5.73. The van der Waals surface area contributed by atoms with Gasteiger partial charge in [-0.25, -0.2) is 8.42 Å². The lowest BCUT2D eigenvalue weighted by atomic mass is 10.0. The van der Waals surface area contributed by atoms with Crippen LogP contribution < -0.4 is 11.1 Å². The number of nitrogens with two attached hydrogens (primary N) is 1. The number of rotatable bonds is 9.